The number of benzene rings is 4. The minimum absolute atomic E-state index is 1.30. The van der Waals surface area contributed by atoms with Crippen LogP contribution in [0.15, 0.2) is 97.1 Å². The van der Waals surface area contributed by atoms with Crippen LogP contribution in [0.1, 0.15) is 22.3 Å². The highest BCUT2D eigenvalue weighted by molar-refractivity contribution is 6.92. The second-order valence-corrected chi connectivity index (χ2v) is 12.3. The first kappa shape index (κ1) is 21.5. The lowest BCUT2D eigenvalue weighted by Gasteiger charge is -2.27. The Hall–Kier alpha value is -2.73. The maximum atomic E-state index is 7.32. The topological polar surface area (TPSA) is 9.23 Å². The monoisotopic (exact) mass is 436 g/mol. The molecule has 0 spiro atoms. The van der Waals surface area contributed by atoms with Gasteiger partial charge in [0.2, 0.25) is 0 Å². The quantitative estimate of drug-likeness (QED) is 0.417. The number of aryl methyl sites for hydroxylation is 4. The van der Waals surface area contributed by atoms with E-state index in [1.807, 2.05) is 0 Å². The van der Waals surface area contributed by atoms with Crippen molar-refractivity contribution in [1.82, 2.24) is 0 Å². The van der Waals surface area contributed by atoms with E-state index in [9.17, 15) is 0 Å². The third kappa shape index (κ3) is 4.64. The Morgan fingerprint density at radius 1 is 0.387 bits per heavy atom. The molecule has 4 aromatic rings. The molecule has 0 aliphatic rings. The van der Waals surface area contributed by atoms with E-state index >= 15 is 0 Å². The summed E-state index contributed by atoms with van der Waals surface area (Å²) in [6, 6.07) is 34.9. The summed E-state index contributed by atoms with van der Waals surface area (Å²) >= 11 is 0. The van der Waals surface area contributed by atoms with E-state index in [0.717, 1.165) is 0 Å². The van der Waals surface area contributed by atoms with Gasteiger partial charge in [-0.05, 0) is 70.7 Å². The molecule has 154 valence electrons. The molecule has 0 saturated carbocycles. The SMILES string of the molecule is Cc1ccccc1[Si](O[Si](c1ccccc1C)c1ccccc1C)c1ccccc1C. The fourth-order valence-electron chi connectivity index (χ4n) is 3.92. The zero-order valence-electron chi connectivity index (χ0n) is 18.6. The summed E-state index contributed by atoms with van der Waals surface area (Å²) in [5.41, 5.74) is 5.21. The molecule has 4 aromatic carbocycles. The lowest BCUT2D eigenvalue weighted by molar-refractivity contribution is 0.632. The van der Waals surface area contributed by atoms with Gasteiger partial charge < -0.3 is 4.12 Å². The van der Waals surface area contributed by atoms with Crippen LogP contribution in [0.5, 0.6) is 0 Å². The predicted octanol–water partition coefficient (Wildman–Crippen LogP) is 3.85. The molecule has 0 heterocycles. The summed E-state index contributed by atoms with van der Waals surface area (Å²) in [6.45, 7) is 8.82. The third-order valence-corrected chi connectivity index (χ3v) is 11.6. The molecular weight excluding hydrogens is 408 g/mol. The summed E-state index contributed by atoms with van der Waals surface area (Å²) in [5, 5.41) is 5.36. The minimum Gasteiger partial charge on any atom is -0.442 e. The van der Waals surface area contributed by atoms with Crippen molar-refractivity contribution in [2.75, 3.05) is 0 Å². The zero-order chi connectivity index (χ0) is 21.8. The summed E-state index contributed by atoms with van der Waals surface area (Å²) in [7, 11) is -2.88. The Bertz CT molecular complexity index is 1000. The Labute approximate surface area is 189 Å². The van der Waals surface area contributed by atoms with Gasteiger partial charge in [0.15, 0.2) is 0 Å². The summed E-state index contributed by atoms with van der Waals surface area (Å²) in [4.78, 5) is 0. The Morgan fingerprint density at radius 3 is 0.839 bits per heavy atom. The van der Waals surface area contributed by atoms with E-state index in [-0.39, 0.29) is 0 Å². The second-order valence-electron chi connectivity index (χ2n) is 8.02. The van der Waals surface area contributed by atoms with E-state index in [2.05, 4.69) is 125 Å². The van der Waals surface area contributed by atoms with Gasteiger partial charge in [-0.15, -0.1) is 0 Å². The van der Waals surface area contributed by atoms with Gasteiger partial charge in [-0.3, -0.25) is 0 Å². The first-order chi connectivity index (χ1) is 15.1. The number of hydrogen-bond acceptors (Lipinski definition) is 1. The zero-order valence-corrected chi connectivity index (χ0v) is 20.6. The van der Waals surface area contributed by atoms with Crippen molar-refractivity contribution in [2.45, 2.75) is 27.7 Å². The average Bonchev–Trinajstić information content (AvgIpc) is 2.78. The smallest absolute Gasteiger partial charge is 0.273 e. The maximum Gasteiger partial charge on any atom is 0.273 e. The number of rotatable bonds is 6. The molecule has 31 heavy (non-hydrogen) atoms. The maximum absolute atomic E-state index is 7.32. The molecule has 0 amide bonds. The number of hydrogen-bond donors (Lipinski definition) is 0. The van der Waals surface area contributed by atoms with Crippen molar-refractivity contribution >= 4 is 38.8 Å². The largest absolute Gasteiger partial charge is 0.442 e. The summed E-state index contributed by atoms with van der Waals surface area (Å²) in [5.74, 6) is 0. The van der Waals surface area contributed by atoms with Gasteiger partial charge in [0, 0.05) is 0 Å². The molecule has 0 fully saturated rings. The third-order valence-electron chi connectivity index (χ3n) is 5.76. The van der Waals surface area contributed by atoms with Gasteiger partial charge in [-0.2, -0.15) is 0 Å². The van der Waals surface area contributed by atoms with Crippen LogP contribution in [-0.4, -0.2) is 18.1 Å². The Balaban J connectivity index is 1.89. The molecule has 0 saturated heterocycles. The molecule has 0 unspecified atom stereocenters. The molecular formula is C28H28OSi2. The van der Waals surface area contributed by atoms with E-state index in [1.54, 1.807) is 0 Å². The van der Waals surface area contributed by atoms with Crippen LogP contribution in [0.4, 0.5) is 0 Å². The highest BCUT2D eigenvalue weighted by Gasteiger charge is 2.31. The van der Waals surface area contributed by atoms with Crippen LogP contribution in [0.25, 0.3) is 0 Å². The van der Waals surface area contributed by atoms with Crippen LogP contribution >= 0.6 is 0 Å². The molecule has 0 bridgehead atoms. The molecule has 2 radical (unpaired) electrons. The van der Waals surface area contributed by atoms with Gasteiger partial charge in [-0.25, -0.2) is 0 Å². The van der Waals surface area contributed by atoms with Gasteiger partial charge in [0.1, 0.15) is 0 Å². The highest BCUT2D eigenvalue weighted by atomic mass is 28.4. The molecule has 0 aromatic heterocycles. The first-order valence-corrected chi connectivity index (χ1v) is 13.5. The highest BCUT2D eigenvalue weighted by Crippen LogP contribution is 2.08. The fourth-order valence-corrected chi connectivity index (χ4v) is 9.84. The van der Waals surface area contributed by atoms with Gasteiger partial charge in [0.05, 0.1) is 0 Å². The molecule has 4 rings (SSSR count). The van der Waals surface area contributed by atoms with Crippen molar-refractivity contribution in [2.24, 2.45) is 0 Å². The van der Waals surface area contributed by atoms with E-state index in [1.165, 1.54) is 43.0 Å². The average molecular weight is 437 g/mol. The molecule has 0 atom stereocenters. The van der Waals surface area contributed by atoms with Crippen LogP contribution in [0.2, 0.25) is 0 Å². The normalized spacial score (nSPS) is 11.3. The van der Waals surface area contributed by atoms with Crippen LogP contribution in [-0.2, 0) is 4.12 Å². The second kappa shape index (κ2) is 9.60. The standard InChI is InChI=1S/C28H28OSi2/c1-21-13-5-9-17-25(21)30(26-18-10-6-14-22(26)2)29-31(27-19-11-7-15-23(27)3)28-20-12-8-16-24(28)4/h5-20H,1-4H3. The van der Waals surface area contributed by atoms with Gasteiger partial charge in [0.25, 0.3) is 18.1 Å². The molecule has 3 heteroatoms. The minimum atomic E-state index is -1.44. The molecule has 1 nitrogen and oxygen atoms in total. The van der Waals surface area contributed by atoms with Crippen molar-refractivity contribution < 1.29 is 4.12 Å². The lowest BCUT2D eigenvalue weighted by Crippen LogP contribution is -2.57. The fraction of sp³-hybridized carbons (Fsp3) is 0.143. The molecule has 0 aliphatic carbocycles. The van der Waals surface area contributed by atoms with Crippen molar-refractivity contribution in [1.29, 1.82) is 0 Å². The van der Waals surface area contributed by atoms with Crippen molar-refractivity contribution in [3.63, 3.8) is 0 Å². The van der Waals surface area contributed by atoms with Crippen molar-refractivity contribution in [3.05, 3.63) is 119 Å². The lowest BCUT2D eigenvalue weighted by atomic mass is 10.2. The van der Waals surface area contributed by atoms with Crippen LogP contribution < -0.4 is 20.7 Å². The Kier molecular flexibility index (Phi) is 6.66. The Morgan fingerprint density at radius 2 is 0.613 bits per heavy atom. The van der Waals surface area contributed by atoms with E-state index < -0.39 is 18.1 Å². The van der Waals surface area contributed by atoms with Gasteiger partial charge in [-0.1, -0.05) is 97.1 Å². The van der Waals surface area contributed by atoms with E-state index in [0.29, 0.717) is 0 Å². The van der Waals surface area contributed by atoms with Crippen molar-refractivity contribution in [3.8, 4) is 0 Å². The van der Waals surface area contributed by atoms with E-state index in [4.69, 9.17) is 4.12 Å². The van der Waals surface area contributed by atoms with Crippen LogP contribution in [0, 0.1) is 27.7 Å². The summed E-state index contributed by atoms with van der Waals surface area (Å²) in [6.07, 6.45) is 0. The molecule has 0 N–H and O–H groups in total. The van der Waals surface area contributed by atoms with Gasteiger partial charge >= 0.3 is 0 Å². The summed E-state index contributed by atoms with van der Waals surface area (Å²) < 4.78 is 7.32. The predicted molar refractivity (Wildman–Crippen MR) is 136 cm³/mol. The van der Waals surface area contributed by atoms with Crippen LogP contribution in [0.3, 0.4) is 0 Å². The first-order valence-electron chi connectivity index (χ1n) is 10.7. The molecule has 0 aliphatic heterocycles.